The number of aryl methyl sites for hydroxylation is 1. The van der Waals surface area contributed by atoms with Gasteiger partial charge in [0.1, 0.15) is 0 Å². The van der Waals surface area contributed by atoms with Crippen molar-refractivity contribution in [3.63, 3.8) is 0 Å². The third kappa shape index (κ3) is 6.34. The molecule has 3 N–H and O–H groups in total. The summed E-state index contributed by atoms with van der Waals surface area (Å²) in [6, 6.07) is 7.83. The van der Waals surface area contributed by atoms with Crippen LogP contribution in [-0.2, 0) is 4.79 Å². The van der Waals surface area contributed by atoms with Crippen LogP contribution in [0.25, 0.3) is 0 Å². The summed E-state index contributed by atoms with van der Waals surface area (Å²) in [6.07, 6.45) is 2.12. The SMILES string of the molecule is Cc1cccc(NC(=O)CSCCCCN)c1. The number of benzene rings is 1. The highest BCUT2D eigenvalue weighted by Gasteiger charge is 2.02. The Morgan fingerprint density at radius 1 is 1.41 bits per heavy atom. The van der Waals surface area contributed by atoms with Crippen molar-refractivity contribution in [1.29, 1.82) is 0 Å². The van der Waals surface area contributed by atoms with Gasteiger partial charge in [-0.05, 0) is 49.8 Å². The largest absolute Gasteiger partial charge is 0.330 e. The lowest BCUT2D eigenvalue weighted by molar-refractivity contribution is -0.113. The van der Waals surface area contributed by atoms with Crippen LogP contribution in [0.2, 0.25) is 0 Å². The average molecular weight is 252 g/mol. The van der Waals surface area contributed by atoms with E-state index in [1.165, 1.54) is 0 Å². The maximum atomic E-state index is 11.6. The Morgan fingerprint density at radius 3 is 2.94 bits per heavy atom. The van der Waals surface area contributed by atoms with Crippen LogP contribution in [0.3, 0.4) is 0 Å². The molecule has 0 atom stereocenters. The van der Waals surface area contributed by atoms with Crippen molar-refractivity contribution in [3.8, 4) is 0 Å². The molecule has 0 unspecified atom stereocenters. The number of nitrogens with two attached hydrogens (primary N) is 1. The van der Waals surface area contributed by atoms with Crippen LogP contribution < -0.4 is 11.1 Å². The van der Waals surface area contributed by atoms with Gasteiger partial charge < -0.3 is 11.1 Å². The van der Waals surface area contributed by atoms with E-state index in [9.17, 15) is 4.79 Å². The number of hydrogen-bond donors (Lipinski definition) is 2. The molecule has 1 amide bonds. The number of amides is 1. The zero-order valence-corrected chi connectivity index (χ0v) is 11.1. The molecular formula is C13H20N2OS. The highest BCUT2D eigenvalue weighted by Crippen LogP contribution is 2.11. The van der Waals surface area contributed by atoms with Crippen LogP contribution in [-0.4, -0.2) is 24.0 Å². The minimum Gasteiger partial charge on any atom is -0.330 e. The van der Waals surface area contributed by atoms with Gasteiger partial charge in [0.25, 0.3) is 0 Å². The maximum absolute atomic E-state index is 11.6. The van der Waals surface area contributed by atoms with Crippen LogP contribution in [0, 0.1) is 6.92 Å². The summed E-state index contributed by atoms with van der Waals surface area (Å²) in [4.78, 5) is 11.6. The third-order valence-corrected chi connectivity index (χ3v) is 3.32. The Kier molecular flexibility index (Phi) is 6.74. The Balaban J connectivity index is 2.21. The van der Waals surface area contributed by atoms with Crippen LogP contribution in [0.4, 0.5) is 5.69 Å². The first-order chi connectivity index (χ1) is 8.22. The number of carbonyl (C=O) groups excluding carboxylic acids is 1. The summed E-state index contributed by atoms with van der Waals surface area (Å²) in [7, 11) is 0. The Labute approximate surface area is 107 Å². The second-order valence-corrected chi connectivity index (χ2v) is 5.07. The lowest BCUT2D eigenvalue weighted by atomic mass is 10.2. The van der Waals surface area contributed by atoms with E-state index in [1.54, 1.807) is 11.8 Å². The molecule has 1 aromatic carbocycles. The predicted octanol–water partition coefficient (Wildman–Crippen LogP) is 2.41. The summed E-state index contributed by atoms with van der Waals surface area (Å²) >= 11 is 1.66. The number of hydrogen-bond acceptors (Lipinski definition) is 3. The molecule has 17 heavy (non-hydrogen) atoms. The molecule has 3 nitrogen and oxygen atoms in total. The van der Waals surface area contributed by atoms with Crippen molar-refractivity contribution in [2.75, 3.05) is 23.4 Å². The molecule has 4 heteroatoms. The topological polar surface area (TPSA) is 55.1 Å². The molecule has 0 fully saturated rings. The van der Waals surface area contributed by atoms with Gasteiger partial charge in [0.15, 0.2) is 0 Å². The quantitative estimate of drug-likeness (QED) is 0.733. The fourth-order valence-corrected chi connectivity index (χ4v) is 2.24. The minimum atomic E-state index is 0.0633. The van der Waals surface area contributed by atoms with Gasteiger partial charge in [0.05, 0.1) is 5.75 Å². The van der Waals surface area contributed by atoms with Crippen LogP contribution in [0.15, 0.2) is 24.3 Å². The number of nitrogens with one attached hydrogen (secondary N) is 1. The van der Waals surface area contributed by atoms with Crippen molar-refractivity contribution in [3.05, 3.63) is 29.8 Å². The molecule has 0 saturated carbocycles. The van der Waals surface area contributed by atoms with Gasteiger partial charge in [-0.1, -0.05) is 12.1 Å². The lowest BCUT2D eigenvalue weighted by Crippen LogP contribution is -2.14. The van der Waals surface area contributed by atoms with Crippen molar-refractivity contribution < 1.29 is 4.79 Å². The van der Waals surface area contributed by atoms with Gasteiger partial charge in [-0.3, -0.25) is 4.79 Å². The second kappa shape index (κ2) is 8.14. The first kappa shape index (κ1) is 14.1. The molecule has 0 radical (unpaired) electrons. The highest BCUT2D eigenvalue weighted by atomic mass is 32.2. The third-order valence-electron chi connectivity index (χ3n) is 2.28. The van der Waals surface area contributed by atoms with E-state index in [4.69, 9.17) is 5.73 Å². The van der Waals surface area contributed by atoms with E-state index >= 15 is 0 Å². The molecule has 1 rings (SSSR count). The molecular weight excluding hydrogens is 232 g/mol. The van der Waals surface area contributed by atoms with Gasteiger partial charge in [-0.15, -0.1) is 0 Å². The molecule has 94 valence electrons. The summed E-state index contributed by atoms with van der Waals surface area (Å²) in [6.45, 7) is 2.74. The summed E-state index contributed by atoms with van der Waals surface area (Å²) in [5.41, 5.74) is 7.42. The molecule has 1 aromatic rings. The Hall–Kier alpha value is -1.00. The zero-order chi connectivity index (χ0) is 12.5. The van der Waals surface area contributed by atoms with E-state index in [-0.39, 0.29) is 5.91 Å². The first-order valence-electron chi connectivity index (χ1n) is 5.86. The number of rotatable bonds is 7. The monoisotopic (exact) mass is 252 g/mol. The number of thioether (sulfide) groups is 1. The number of unbranched alkanes of at least 4 members (excludes halogenated alkanes) is 1. The molecule has 0 heterocycles. The van der Waals surface area contributed by atoms with Crippen LogP contribution >= 0.6 is 11.8 Å². The standard InChI is InChI=1S/C13H20N2OS/c1-11-5-4-6-12(9-11)15-13(16)10-17-8-3-2-7-14/h4-6,9H,2-3,7-8,10,14H2,1H3,(H,15,16). The fraction of sp³-hybridized carbons (Fsp3) is 0.462. The van der Waals surface area contributed by atoms with Gasteiger partial charge in [0.2, 0.25) is 5.91 Å². The normalized spacial score (nSPS) is 10.2. The molecule has 0 bridgehead atoms. The molecule has 0 aromatic heterocycles. The molecule has 0 aliphatic carbocycles. The number of carbonyl (C=O) groups is 1. The smallest absolute Gasteiger partial charge is 0.234 e. The van der Waals surface area contributed by atoms with Gasteiger partial charge in [-0.2, -0.15) is 11.8 Å². The minimum absolute atomic E-state index is 0.0633. The molecule has 0 aliphatic rings. The predicted molar refractivity (Wildman–Crippen MR) is 75.4 cm³/mol. The Bertz CT molecular complexity index is 355. The summed E-state index contributed by atoms with van der Waals surface area (Å²) < 4.78 is 0. The highest BCUT2D eigenvalue weighted by molar-refractivity contribution is 7.99. The molecule has 0 saturated heterocycles. The Morgan fingerprint density at radius 2 is 2.24 bits per heavy atom. The van der Waals surface area contributed by atoms with E-state index in [0.29, 0.717) is 5.75 Å². The fourth-order valence-electron chi connectivity index (χ4n) is 1.43. The van der Waals surface area contributed by atoms with Crippen molar-refractivity contribution in [2.45, 2.75) is 19.8 Å². The van der Waals surface area contributed by atoms with Crippen LogP contribution in [0.5, 0.6) is 0 Å². The summed E-state index contributed by atoms with van der Waals surface area (Å²) in [5.74, 6) is 1.57. The van der Waals surface area contributed by atoms with Gasteiger partial charge in [0, 0.05) is 5.69 Å². The molecule has 0 aliphatic heterocycles. The first-order valence-corrected chi connectivity index (χ1v) is 7.02. The van der Waals surface area contributed by atoms with Crippen molar-refractivity contribution in [1.82, 2.24) is 0 Å². The maximum Gasteiger partial charge on any atom is 0.234 e. The van der Waals surface area contributed by atoms with Crippen molar-refractivity contribution >= 4 is 23.4 Å². The number of anilines is 1. The van der Waals surface area contributed by atoms with E-state index in [1.807, 2.05) is 31.2 Å². The van der Waals surface area contributed by atoms with E-state index in [2.05, 4.69) is 5.32 Å². The lowest BCUT2D eigenvalue weighted by Gasteiger charge is -2.05. The average Bonchev–Trinajstić information content (AvgIpc) is 2.29. The van der Waals surface area contributed by atoms with Crippen LogP contribution in [0.1, 0.15) is 18.4 Å². The zero-order valence-electron chi connectivity index (χ0n) is 10.2. The second-order valence-electron chi connectivity index (χ2n) is 3.97. The van der Waals surface area contributed by atoms with E-state index in [0.717, 1.165) is 36.4 Å². The van der Waals surface area contributed by atoms with E-state index < -0.39 is 0 Å². The molecule has 0 spiro atoms. The van der Waals surface area contributed by atoms with Crippen molar-refractivity contribution in [2.24, 2.45) is 5.73 Å². The van der Waals surface area contributed by atoms with Gasteiger partial charge >= 0.3 is 0 Å². The van der Waals surface area contributed by atoms with Gasteiger partial charge in [-0.25, -0.2) is 0 Å². The summed E-state index contributed by atoms with van der Waals surface area (Å²) in [5, 5.41) is 2.89.